The van der Waals surface area contributed by atoms with Crippen LogP contribution in [-0.4, -0.2) is 34.1 Å². The molecule has 4 aromatic rings. The van der Waals surface area contributed by atoms with Crippen molar-refractivity contribution >= 4 is 33.9 Å². The van der Waals surface area contributed by atoms with Gasteiger partial charge in [0.2, 0.25) is 5.13 Å². The smallest absolute Gasteiger partial charge is 0.301 e. The van der Waals surface area contributed by atoms with E-state index in [0.29, 0.717) is 34.2 Å². The summed E-state index contributed by atoms with van der Waals surface area (Å²) in [5.41, 5.74) is 3.19. The maximum atomic E-state index is 13.3. The molecule has 0 saturated carbocycles. The standard InChI is InChI=1S/C29H25N3O5S/c1-17-6-4-5-7-21(17)16-37-23-14-10-20(11-15-23)26(33)24-25(19-8-12-22(36-3)13-9-19)32(28(35)27(24)34)29-31-30-18(2)38-29/h4-15,25,33H,16H2,1-3H3/t25-/m0/s1. The minimum absolute atomic E-state index is 0.0263. The maximum Gasteiger partial charge on any atom is 0.301 e. The zero-order chi connectivity index (χ0) is 26.8. The molecule has 9 heteroatoms. The van der Waals surface area contributed by atoms with Crippen LogP contribution in [0.5, 0.6) is 11.5 Å². The molecule has 1 aliphatic rings. The van der Waals surface area contributed by atoms with Gasteiger partial charge in [0.1, 0.15) is 28.9 Å². The van der Waals surface area contributed by atoms with Crippen molar-refractivity contribution in [2.24, 2.45) is 0 Å². The second kappa shape index (κ2) is 10.5. The number of hydrogen-bond acceptors (Lipinski definition) is 8. The Morgan fingerprint density at radius 3 is 2.26 bits per heavy atom. The molecule has 1 atom stereocenters. The first kappa shape index (κ1) is 25.2. The van der Waals surface area contributed by atoms with Gasteiger partial charge in [0, 0.05) is 5.56 Å². The minimum atomic E-state index is -0.884. The summed E-state index contributed by atoms with van der Waals surface area (Å²) in [6.45, 7) is 4.20. The molecule has 0 radical (unpaired) electrons. The summed E-state index contributed by atoms with van der Waals surface area (Å²) in [6.07, 6.45) is 0. The predicted molar refractivity (Wildman–Crippen MR) is 144 cm³/mol. The van der Waals surface area contributed by atoms with Crippen molar-refractivity contribution in [3.05, 3.63) is 106 Å². The molecular weight excluding hydrogens is 502 g/mol. The lowest BCUT2D eigenvalue weighted by Crippen LogP contribution is -2.29. The molecule has 3 aromatic carbocycles. The van der Waals surface area contributed by atoms with E-state index in [-0.39, 0.29) is 16.5 Å². The van der Waals surface area contributed by atoms with E-state index in [9.17, 15) is 14.7 Å². The first-order valence-electron chi connectivity index (χ1n) is 11.9. The Labute approximate surface area is 223 Å². The number of aryl methyl sites for hydroxylation is 2. The van der Waals surface area contributed by atoms with Crippen molar-refractivity contribution in [3.8, 4) is 11.5 Å². The molecule has 0 spiro atoms. The maximum absolute atomic E-state index is 13.3. The summed E-state index contributed by atoms with van der Waals surface area (Å²) in [6, 6.07) is 20.8. The molecule has 0 aliphatic carbocycles. The van der Waals surface area contributed by atoms with Crippen LogP contribution in [-0.2, 0) is 16.2 Å². The van der Waals surface area contributed by atoms with Gasteiger partial charge in [-0.2, -0.15) is 0 Å². The van der Waals surface area contributed by atoms with Crippen molar-refractivity contribution in [2.75, 3.05) is 12.0 Å². The van der Waals surface area contributed by atoms with Crippen molar-refractivity contribution in [3.63, 3.8) is 0 Å². The van der Waals surface area contributed by atoms with E-state index in [0.717, 1.165) is 11.1 Å². The van der Waals surface area contributed by atoms with Gasteiger partial charge in [-0.3, -0.25) is 14.5 Å². The monoisotopic (exact) mass is 527 g/mol. The number of carbonyl (C=O) groups is 2. The number of anilines is 1. The van der Waals surface area contributed by atoms with E-state index < -0.39 is 17.7 Å². The van der Waals surface area contributed by atoms with Gasteiger partial charge in [-0.25, -0.2) is 0 Å². The van der Waals surface area contributed by atoms with Crippen LogP contribution in [0.2, 0.25) is 0 Å². The third kappa shape index (κ3) is 4.76. The normalized spacial score (nSPS) is 16.6. The Kier molecular flexibility index (Phi) is 6.93. The highest BCUT2D eigenvalue weighted by atomic mass is 32.1. The Balaban J connectivity index is 1.50. The van der Waals surface area contributed by atoms with E-state index in [1.54, 1.807) is 62.6 Å². The topological polar surface area (TPSA) is 102 Å². The van der Waals surface area contributed by atoms with Crippen LogP contribution in [0, 0.1) is 13.8 Å². The highest BCUT2D eigenvalue weighted by Gasteiger charge is 2.48. The average molecular weight is 528 g/mol. The van der Waals surface area contributed by atoms with E-state index in [2.05, 4.69) is 10.2 Å². The third-order valence-electron chi connectivity index (χ3n) is 6.38. The SMILES string of the molecule is COc1ccc([C@H]2C(=C(O)c3ccc(OCc4ccccc4C)cc3)C(=O)C(=O)N2c2nnc(C)s2)cc1. The lowest BCUT2D eigenvalue weighted by atomic mass is 9.95. The number of Topliss-reactive ketones (excluding diaryl/α,β-unsaturated/α-hetero) is 1. The molecule has 38 heavy (non-hydrogen) atoms. The summed E-state index contributed by atoms with van der Waals surface area (Å²) >= 11 is 1.20. The fourth-order valence-corrected chi connectivity index (χ4v) is 5.03. The lowest BCUT2D eigenvalue weighted by molar-refractivity contribution is -0.132. The van der Waals surface area contributed by atoms with Gasteiger partial charge in [0.05, 0.1) is 18.7 Å². The predicted octanol–water partition coefficient (Wildman–Crippen LogP) is 5.37. The van der Waals surface area contributed by atoms with Crippen molar-refractivity contribution in [2.45, 2.75) is 26.5 Å². The third-order valence-corrected chi connectivity index (χ3v) is 7.22. The van der Waals surface area contributed by atoms with Gasteiger partial charge in [0.15, 0.2) is 0 Å². The molecule has 1 fully saturated rings. The van der Waals surface area contributed by atoms with Gasteiger partial charge in [-0.1, -0.05) is 47.7 Å². The fraction of sp³-hybridized carbons (Fsp3) is 0.172. The average Bonchev–Trinajstić information content (AvgIpc) is 3.48. The van der Waals surface area contributed by atoms with Crippen molar-refractivity contribution in [1.29, 1.82) is 0 Å². The first-order valence-corrected chi connectivity index (χ1v) is 12.7. The number of aliphatic hydroxyl groups is 1. The van der Waals surface area contributed by atoms with Crippen LogP contribution in [0.15, 0.2) is 78.4 Å². The molecule has 1 saturated heterocycles. The van der Waals surface area contributed by atoms with E-state index in [1.165, 1.54) is 16.2 Å². The quantitative estimate of drug-likeness (QED) is 0.196. The Hall–Kier alpha value is -4.50. The van der Waals surface area contributed by atoms with Gasteiger partial charge in [-0.05, 0) is 66.9 Å². The molecule has 1 N–H and O–H groups in total. The second-order valence-corrected chi connectivity index (χ2v) is 9.95. The van der Waals surface area contributed by atoms with Crippen molar-refractivity contribution < 1.29 is 24.2 Å². The zero-order valence-electron chi connectivity index (χ0n) is 21.0. The fourth-order valence-electron chi connectivity index (χ4n) is 4.31. The summed E-state index contributed by atoms with van der Waals surface area (Å²) in [5, 5.41) is 20.4. The van der Waals surface area contributed by atoms with Gasteiger partial charge in [-0.15, -0.1) is 10.2 Å². The number of amides is 1. The lowest BCUT2D eigenvalue weighted by Gasteiger charge is -2.22. The second-order valence-electron chi connectivity index (χ2n) is 8.79. The number of nitrogens with zero attached hydrogens (tertiary/aromatic N) is 3. The Bertz CT molecular complexity index is 1530. The highest BCUT2D eigenvalue weighted by molar-refractivity contribution is 7.15. The van der Waals surface area contributed by atoms with Crippen LogP contribution in [0.25, 0.3) is 5.76 Å². The summed E-state index contributed by atoms with van der Waals surface area (Å²) in [4.78, 5) is 27.8. The number of methoxy groups -OCH3 is 1. The number of carbonyl (C=O) groups excluding carboxylic acids is 2. The number of aliphatic hydroxyl groups excluding tert-OH is 1. The van der Waals surface area contributed by atoms with E-state index in [1.807, 2.05) is 31.2 Å². The Morgan fingerprint density at radius 1 is 0.947 bits per heavy atom. The van der Waals surface area contributed by atoms with Crippen LogP contribution in [0.3, 0.4) is 0 Å². The zero-order valence-corrected chi connectivity index (χ0v) is 21.9. The number of ether oxygens (including phenoxy) is 2. The number of ketones is 1. The molecule has 8 nitrogen and oxygen atoms in total. The van der Waals surface area contributed by atoms with Gasteiger partial charge in [0.25, 0.3) is 5.78 Å². The van der Waals surface area contributed by atoms with Gasteiger partial charge >= 0.3 is 5.91 Å². The summed E-state index contributed by atoms with van der Waals surface area (Å²) < 4.78 is 11.2. The summed E-state index contributed by atoms with van der Waals surface area (Å²) in [7, 11) is 1.56. The number of aromatic nitrogens is 2. The first-order chi connectivity index (χ1) is 18.4. The number of rotatable bonds is 7. The highest BCUT2D eigenvalue weighted by Crippen LogP contribution is 2.43. The van der Waals surface area contributed by atoms with Gasteiger partial charge < -0.3 is 14.6 Å². The molecule has 2 heterocycles. The van der Waals surface area contributed by atoms with Crippen LogP contribution in [0.1, 0.15) is 33.3 Å². The largest absolute Gasteiger partial charge is 0.507 e. The van der Waals surface area contributed by atoms with Crippen molar-refractivity contribution in [1.82, 2.24) is 10.2 Å². The molecule has 1 amide bonds. The summed E-state index contributed by atoms with van der Waals surface area (Å²) in [5.74, 6) is -0.615. The van der Waals surface area contributed by atoms with E-state index in [4.69, 9.17) is 9.47 Å². The molecule has 0 unspecified atom stereocenters. The Morgan fingerprint density at radius 2 is 1.63 bits per heavy atom. The number of benzene rings is 3. The molecule has 192 valence electrons. The minimum Gasteiger partial charge on any atom is -0.507 e. The van der Waals surface area contributed by atoms with Crippen LogP contribution >= 0.6 is 11.3 Å². The molecule has 1 aromatic heterocycles. The molecular formula is C29H25N3O5S. The van der Waals surface area contributed by atoms with E-state index >= 15 is 0 Å². The van der Waals surface area contributed by atoms with Crippen LogP contribution < -0.4 is 14.4 Å². The number of hydrogen-bond donors (Lipinski definition) is 1. The van der Waals surface area contributed by atoms with Crippen LogP contribution in [0.4, 0.5) is 5.13 Å². The molecule has 0 bridgehead atoms. The molecule has 5 rings (SSSR count). The molecule has 1 aliphatic heterocycles.